The van der Waals surface area contributed by atoms with Gasteiger partial charge in [0.1, 0.15) is 5.71 Å². The maximum absolute atomic E-state index is 11.8. The Balaban J connectivity index is 1.81. The molecule has 122 valence electrons. The minimum Gasteiger partial charge on any atom is -0.451 e. The predicted molar refractivity (Wildman–Crippen MR) is 83.8 cm³/mol. The number of nitrogens with zero attached hydrogens (tertiary/aromatic N) is 1. The lowest BCUT2D eigenvalue weighted by Gasteiger charge is -2.15. The molecule has 1 aromatic rings. The topological polar surface area (TPSA) is 96.9 Å². The fraction of sp³-hybridized carbons (Fsp3) is 0.333. The van der Waals surface area contributed by atoms with Gasteiger partial charge in [-0.2, -0.15) is 5.10 Å². The second-order valence-corrected chi connectivity index (χ2v) is 5.45. The van der Waals surface area contributed by atoms with Crippen molar-refractivity contribution >= 4 is 35.1 Å². The molecule has 0 saturated carbocycles. The molecule has 0 unspecified atom stereocenters. The molecule has 2 N–H and O–H groups in total. The number of halogens is 1. The highest BCUT2D eigenvalue weighted by Crippen LogP contribution is 2.17. The van der Waals surface area contributed by atoms with Crippen LogP contribution in [0.2, 0.25) is 5.02 Å². The summed E-state index contributed by atoms with van der Waals surface area (Å²) in [5.74, 6) is -1.41. The smallest absolute Gasteiger partial charge is 0.355 e. The Morgan fingerprint density at radius 1 is 1.43 bits per heavy atom. The van der Waals surface area contributed by atoms with Gasteiger partial charge in [0.25, 0.3) is 5.91 Å². The quantitative estimate of drug-likeness (QED) is 0.792. The van der Waals surface area contributed by atoms with Crippen LogP contribution in [0.3, 0.4) is 0 Å². The largest absolute Gasteiger partial charge is 0.451 e. The number of nitrogens with one attached hydrogen (secondary N) is 2. The van der Waals surface area contributed by atoms with Gasteiger partial charge in [-0.15, -0.1) is 0 Å². The zero-order valence-electron chi connectivity index (χ0n) is 12.5. The molecule has 7 nitrogen and oxygen atoms in total. The molecule has 23 heavy (non-hydrogen) atoms. The van der Waals surface area contributed by atoms with Gasteiger partial charge in [-0.3, -0.25) is 9.59 Å². The van der Waals surface area contributed by atoms with E-state index >= 15 is 0 Å². The molecule has 1 atom stereocenters. The third-order valence-electron chi connectivity index (χ3n) is 3.20. The van der Waals surface area contributed by atoms with Crippen molar-refractivity contribution in [2.24, 2.45) is 5.10 Å². The van der Waals surface area contributed by atoms with Gasteiger partial charge in [0.2, 0.25) is 5.91 Å². The molecule has 0 fully saturated rings. The molecule has 0 aliphatic carbocycles. The van der Waals surface area contributed by atoms with Crippen LogP contribution in [0.1, 0.15) is 31.4 Å². The van der Waals surface area contributed by atoms with E-state index in [0.29, 0.717) is 5.02 Å². The number of benzene rings is 1. The van der Waals surface area contributed by atoms with Crippen molar-refractivity contribution in [3.63, 3.8) is 0 Å². The first kappa shape index (κ1) is 17.0. The number of hydrogen-bond donors (Lipinski definition) is 2. The van der Waals surface area contributed by atoms with Gasteiger partial charge in [0.05, 0.1) is 6.04 Å². The molecule has 0 radical (unpaired) electrons. The maximum Gasteiger partial charge on any atom is 0.355 e. The van der Waals surface area contributed by atoms with E-state index in [4.69, 9.17) is 16.3 Å². The van der Waals surface area contributed by atoms with Crippen molar-refractivity contribution in [3.05, 3.63) is 34.9 Å². The second kappa shape index (κ2) is 7.73. The molecule has 2 amide bonds. The molecule has 8 heteroatoms. The van der Waals surface area contributed by atoms with E-state index < -0.39 is 18.5 Å². The van der Waals surface area contributed by atoms with Gasteiger partial charge < -0.3 is 10.1 Å². The SMILES string of the molecule is C[C@@H](NC(=O)COC(=O)C1=NNC(=O)CC1)c1cccc(Cl)c1. The molecule has 1 aliphatic rings. The summed E-state index contributed by atoms with van der Waals surface area (Å²) in [5, 5.41) is 6.88. The molecule has 0 bridgehead atoms. The van der Waals surface area contributed by atoms with E-state index in [1.807, 2.05) is 6.07 Å². The number of hydrogen-bond acceptors (Lipinski definition) is 5. The van der Waals surface area contributed by atoms with Crippen molar-refractivity contribution in [1.29, 1.82) is 0 Å². The number of carbonyl (C=O) groups excluding carboxylic acids is 3. The Morgan fingerprint density at radius 2 is 2.22 bits per heavy atom. The van der Waals surface area contributed by atoms with Gasteiger partial charge in [-0.1, -0.05) is 23.7 Å². The van der Waals surface area contributed by atoms with Crippen LogP contribution in [-0.2, 0) is 19.1 Å². The summed E-state index contributed by atoms with van der Waals surface area (Å²) < 4.78 is 4.88. The number of ether oxygens (including phenoxy) is 1. The summed E-state index contributed by atoms with van der Waals surface area (Å²) >= 11 is 5.90. The summed E-state index contributed by atoms with van der Waals surface area (Å²) in [7, 11) is 0. The summed E-state index contributed by atoms with van der Waals surface area (Å²) in [6.07, 6.45) is 0.372. The fourth-order valence-electron chi connectivity index (χ4n) is 1.98. The summed E-state index contributed by atoms with van der Waals surface area (Å²) in [6, 6.07) is 6.84. The van der Waals surface area contributed by atoms with Crippen molar-refractivity contribution in [1.82, 2.24) is 10.7 Å². The average molecular weight is 338 g/mol. The van der Waals surface area contributed by atoms with Crippen LogP contribution < -0.4 is 10.7 Å². The van der Waals surface area contributed by atoms with Crippen molar-refractivity contribution < 1.29 is 19.1 Å². The number of rotatable bonds is 5. The lowest BCUT2D eigenvalue weighted by Crippen LogP contribution is -2.34. The van der Waals surface area contributed by atoms with Crippen LogP contribution in [0.5, 0.6) is 0 Å². The maximum atomic E-state index is 11.8. The molecular weight excluding hydrogens is 322 g/mol. The first-order valence-corrected chi connectivity index (χ1v) is 7.41. The van der Waals surface area contributed by atoms with Crippen molar-refractivity contribution in [2.45, 2.75) is 25.8 Å². The van der Waals surface area contributed by atoms with Crippen molar-refractivity contribution in [3.8, 4) is 0 Å². The van der Waals surface area contributed by atoms with Crippen LogP contribution in [0.15, 0.2) is 29.4 Å². The van der Waals surface area contributed by atoms with Crippen LogP contribution in [0, 0.1) is 0 Å². The number of amides is 2. The summed E-state index contributed by atoms with van der Waals surface area (Å²) in [5.41, 5.74) is 3.14. The highest BCUT2D eigenvalue weighted by Gasteiger charge is 2.20. The molecule has 1 aliphatic heterocycles. The standard InChI is InChI=1S/C15H16ClN3O4/c1-9(10-3-2-4-11(16)7-10)17-14(21)8-23-15(22)12-5-6-13(20)19-18-12/h2-4,7,9H,5-6,8H2,1H3,(H,17,21)(H,19,20)/t9-/m1/s1. The molecule has 1 heterocycles. The van der Waals surface area contributed by atoms with E-state index in [9.17, 15) is 14.4 Å². The third kappa shape index (κ3) is 5.07. The van der Waals surface area contributed by atoms with Gasteiger partial charge >= 0.3 is 5.97 Å². The first-order valence-electron chi connectivity index (χ1n) is 7.03. The Morgan fingerprint density at radius 3 is 2.87 bits per heavy atom. The van der Waals surface area contributed by atoms with Crippen LogP contribution in [0.25, 0.3) is 0 Å². The number of hydrazone groups is 1. The van der Waals surface area contributed by atoms with Gasteiger partial charge in [-0.25, -0.2) is 10.2 Å². The van der Waals surface area contributed by atoms with Crippen LogP contribution in [0.4, 0.5) is 0 Å². The molecule has 0 spiro atoms. The lowest BCUT2D eigenvalue weighted by atomic mass is 10.1. The summed E-state index contributed by atoms with van der Waals surface area (Å²) in [4.78, 5) is 34.5. The van der Waals surface area contributed by atoms with Crippen LogP contribution in [-0.4, -0.2) is 30.1 Å². The molecular formula is C15H16ClN3O4. The lowest BCUT2D eigenvalue weighted by molar-refractivity contribution is -0.142. The Labute approximate surface area is 138 Å². The van der Waals surface area contributed by atoms with E-state index in [0.717, 1.165) is 5.56 Å². The summed E-state index contributed by atoms with van der Waals surface area (Å²) in [6.45, 7) is 1.38. The van der Waals surface area contributed by atoms with Gasteiger partial charge in [0, 0.05) is 17.9 Å². The first-order chi connectivity index (χ1) is 11.0. The zero-order chi connectivity index (χ0) is 16.8. The minimum absolute atomic E-state index is 0.0975. The van der Waals surface area contributed by atoms with E-state index in [2.05, 4.69) is 15.8 Å². The fourth-order valence-corrected chi connectivity index (χ4v) is 2.18. The zero-order valence-corrected chi connectivity index (χ0v) is 13.2. The van der Waals surface area contributed by atoms with Gasteiger partial charge in [0.15, 0.2) is 6.61 Å². The Kier molecular flexibility index (Phi) is 5.70. The second-order valence-electron chi connectivity index (χ2n) is 5.01. The molecule has 1 aromatic carbocycles. The molecule has 2 rings (SSSR count). The highest BCUT2D eigenvalue weighted by molar-refractivity contribution is 6.37. The Bertz CT molecular complexity index is 660. The highest BCUT2D eigenvalue weighted by atomic mass is 35.5. The van der Waals surface area contributed by atoms with Crippen molar-refractivity contribution in [2.75, 3.05) is 6.61 Å². The monoisotopic (exact) mass is 337 g/mol. The molecule has 0 saturated heterocycles. The predicted octanol–water partition coefficient (Wildman–Crippen LogP) is 1.33. The van der Waals surface area contributed by atoms with Gasteiger partial charge in [-0.05, 0) is 24.6 Å². The minimum atomic E-state index is -0.712. The average Bonchev–Trinajstić information content (AvgIpc) is 2.53. The third-order valence-corrected chi connectivity index (χ3v) is 3.44. The van der Waals surface area contributed by atoms with E-state index in [-0.39, 0.29) is 30.5 Å². The normalized spacial score (nSPS) is 15.2. The van der Waals surface area contributed by atoms with E-state index in [1.165, 1.54) is 0 Å². The molecule has 0 aromatic heterocycles. The number of carbonyl (C=O) groups is 3. The number of esters is 1. The Hall–Kier alpha value is -2.41. The van der Waals surface area contributed by atoms with Crippen LogP contribution >= 0.6 is 11.6 Å². The van der Waals surface area contributed by atoms with E-state index in [1.54, 1.807) is 25.1 Å².